The van der Waals surface area contributed by atoms with Crippen LogP contribution in [0.15, 0.2) is 30.3 Å². The fraction of sp³-hybridized carbons (Fsp3) is 0.588. The Morgan fingerprint density at radius 1 is 1.38 bits per heavy atom. The second-order valence-electron chi connectivity index (χ2n) is 5.96. The van der Waals surface area contributed by atoms with Gasteiger partial charge in [-0.2, -0.15) is 0 Å². The number of nitrogens with zero attached hydrogens (tertiary/aromatic N) is 1. The van der Waals surface area contributed by atoms with Gasteiger partial charge in [-0.1, -0.05) is 30.3 Å². The van der Waals surface area contributed by atoms with Gasteiger partial charge in [0.05, 0.1) is 7.11 Å². The number of carbonyl (C=O) groups is 1. The summed E-state index contributed by atoms with van der Waals surface area (Å²) >= 11 is 0. The molecule has 0 aliphatic heterocycles. The third kappa shape index (κ3) is 3.83. The minimum Gasteiger partial charge on any atom is -0.468 e. The predicted octanol–water partition coefficient (Wildman–Crippen LogP) is 1.70. The molecule has 1 saturated carbocycles. The second-order valence-corrected chi connectivity index (χ2v) is 5.96. The van der Waals surface area contributed by atoms with Crippen molar-refractivity contribution >= 4 is 5.97 Å². The highest BCUT2D eigenvalue weighted by Crippen LogP contribution is 2.40. The number of nitrogens with one attached hydrogen (secondary N) is 1. The molecule has 1 unspecified atom stereocenters. The number of hydrogen-bond acceptors (Lipinski definition) is 4. The van der Waals surface area contributed by atoms with E-state index in [1.807, 2.05) is 13.1 Å². The molecule has 1 atom stereocenters. The highest BCUT2D eigenvalue weighted by atomic mass is 16.5. The summed E-state index contributed by atoms with van der Waals surface area (Å²) in [6, 6.07) is 10.4. The highest BCUT2D eigenvalue weighted by Gasteiger charge is 2.51. The Bertz CT molecular complexity index is 459. The van der Waals surface area contributed by atoms with Gasteiger partial charge in [-0.15, -0.1) is 0 Å². The lowest BCUT2D eigenvalue weighted by Gasteiger charge is -2.34. The highest BCUT2D eigenvalue weighted by molar-refractivity contribution is 5.82. The van der Waals surface area contributed by atoms with Gasteiger partial charge in [0, 0.05) is 13.1 Å². The van der Waals surface area contributed by atoms with Crippen molar-refractivity contribution < 1.29 is 9.53 Å². The first-order chi connectivity index (χ1) is 10.1. The molecule has 0 bridgehead atoms. The normalized spacial score (nSPS) is 17.5. The number of benzene rings is 1. The molecule has 2 rings (SSSR count). The summed E-state index contributed by atoms with van der Waals surface area (Å²) in [6.07, 6.45) is 3.19. The molecule has 21 heavy (non-hydrogen) atoms. The summed E-state index contributed by atoms with van der Waals surface area (Å²) in [5.41, 5.74) is 0.768. The van der Waals surface area contributed by atoms with Gasteiger partial charge in [0.15, 0.2) is 0 Å². The molecule has 1 aromatic rings. The Morgan fingerprint density at radius 2 is 2.05 bits per heavy atom. The lowest BCUT2D eigenvalue weighted by Crippen LogP contribution is -2.59. The maximum Gasteiger partial charge on any atom is 0.327 e. The van der Waals surface area contributed by atoms with Crippen LogP contribution in [-0.4, -0.2) is 50.7 Å². The summed E-state index contributed by atoms with van der Waals surface area (Å²) in [5, 5.41) is 3.24. The predicted molar refractivity (Wildman–Crippen MR) is 84.2 cm³/mol. The lowest BCUT2D eigenvalue weighted by atomic mass is 9.92. The van der Waals surface area contributed by atoms with Crippen molar-refractivity contribution in [3.05, 3.63) is 35.9 Å². The molecule has 116 valence electrons. The van der Waals surface area contributed by atoms with Crippen LogP contribution in [-0.2, 0) is 16.0 Å². The van der Waals surface area contributed by atoms with Crippen LogP contribution in [0.25, 0.3) is 0 Å². The summed E-state index contributed by atoms with van der Waals surface area (Å²) < 4.78 is 5.04. The first kappa shape index (κ1) is 16.0. The lowest BCUT2D eigenvalue weighted by molar-refractivity contribution is -0.150. The standard InChI is InChI=1S/C17H26N2O2/c1-18-17(15-9-10-15,16(20)21-3)13-19(2)12-11-14-7-5-4-6-8-14/h4-8,15,18H,9-13H2,1-3H3. The van der Waals surface area contributed by atoms with Crippen LogP contribution in [0.3, 0.4) is 0 Å². The first-order valence-electron chi connectivity index (χ1n) is 7.62. The molecular weight excluding hydrogens is 264 g/mol. The fourth-order valence-corrected chi connectivity index (χ4v) is 2.97. The van der Waals surface area contributed by atoms with Crippen LogP contribution in [0, 0.1) is 5.92 Å². The molecule has 1 aromatic carbocycles. The van der Waals surface area contributed by atoms with Crippen LogP contribution in [0.5, 0.6) is 0 Å². The number of rotatable bonds is 8. The molecule has 0 radical (unpaired) electrons. The van der Waals surface area contributed by atoms with E-state index in [2.05, 4.69) is 41.5 Å². The van der Waals surface area contributed by atoms with Crippen molar-refractivity contribution in [2.45, 2.75) is 24.8 Å². The van der Waals surface area contributed by atoms with E-state index in [0.717, 1.165) is 25.8 Å². The zero-order chi connectivity index (χ0) is 15.3. The number of methoxy groups -OCH3 is 1. The third-order valence-electron chi connectivity index (χ3n) is 4.41. The molecule has 0 spiro atoms. The molecule has 4 heteroatoms. The minimum atomic E-state index is -0.555. The molecule has 1 fully saturated rings. The monoisotopic (exact) mass is 290 g/mol. The van der Waals surface area contributed by atoms with Gasteiger partial charge in [0.2, 0.25) is 0 Å². The minimum absolute atomic E-state index is 0.140. The molecule has 4 nitrogen and oxygen atoms in total. The molecule has 0 heterocycles. The quantitative estimate of drug-likeness (QED) is 0.740. The Hall–Kier alpha value is -1.39. The van der Waals surface area contributed by atoms with Crippen molar-refractivity contribution in [2.75, 3.05) is 34.3 Å². The second kappa shape index (κ2) is 7.05. The molecular formula is C17H26N2O2. The number of hydrogen-bond donors (Lipinski definition) is 1. The summed E-state index contributed by atoms with van der Waals surface area (Å²) in [6.45, 7) is 1.62. The smallest absolute Gasteiger partial charge is 0.327 e. The summed E-state index contributed by atoms with van der Waals surface area (Å²) in [5.74, 6) is 0.258. The van der Waals surface area contributed by atoms with Gasteiger partial charge >= 0.3 is 5.97 Å². The Labute approximate surface area is 127 Å². The Morgan fingerprint density at radius 3 is 2.57 bits per heavy atom. The number of likely N-dealkylation sites (N-methyl/N-ethyl adjacent to an activating group) is 2. The number of esters is 1. The molecule has 0 amide bonds. The zero-order valence-electron chi connectivity index (χ0n) is 13.3. The van der Waals surface area contributed by atoms with Gasteiger partial charge in [-0.25, -0.2) is 4.79 Å². The van der Waals surface area contributed by atoms with Gasteiger partial charge in [0.25, 0.3) is 0 Å². The van der Waals surface area contributed by atoms with E-state index < -0.39 is 5.54 Å². The van der Waals surface area contributed by atoms with Crippen molar-refractivity contribution in [3.63, 3.8) is 0 Å². The van der Waals surface area contributed by atoms with E-state index >= 15 is 0 Å². The average Bonchev–Trinajstić information content (AvgIpc) is 3.36. The summed E-state index contributed by atoms with van der Waals surface area (Å²) in [4.78, 5) is 14.5. The maximum absolute atomic E-state index is 12.2. The Kier molecular flexibility index (Phi) is 5.37. The molecule has 0 aromatic heterocycles. The third-order valence-corrected chi connectivity index (χ3v) is 4.41. The van der Waals surface area contributed by atoms with Gasteiger partial charge in [0.1, 0.15) is 5.54 Å². The van der Waals surface area contributed by atoms with Crippen molar-refractivity contribution in [2.24, 2.45) is 5.92 Å². The maximum atomic E-state index is 12.2. The van der Waals surface area contributed by atoms with Crippen LogP contribution >= 0.6 is 0 Å². The van der Waals surface area contributed by atoms with E-state index in [1.54, 1.807) is 0 Å². The molecule has 1 N–H and O–H groups in total. The van der Waals surface area contributed by atoms with Crippen molar-refractivity contribution in [3.8, 4) is 0 Å². The van der Waals surface area contributed by atoms with E-state index in [1.165, 1.54) is 12.7 Å². The van der Waals surface area contributed by atoms with E-state index in [9.17, 15) is 4.79 Å². The largest absolute Gasteiger partial charge is 0.468 e. The molecule has 1 aliphatic carbocycles. The topological polar surface area (TPSA) is 41.6 Å². The summed E-state index contributed by atoms with van der Waals surface area (Å²) in [7, 11) is 5.40. The van der Waals surface area contributed by atoms with Gasteiger partial charge in [-0.05, 0) is 44.8 Å². The molecule has 0 saturated heterocycles. The number of ether oxygens (including phenoxy) is 1. The Balaban J connectivity index is 1.95. The van der Waals surface area contributed by atoms with E-state index in [4.69, 9.17) is 4.74 Å². The van der Waals surface area contributed by atoms with Gasteiger partial charge < -0.3 is 15.0 Å². The average molecular weight is 290 g/mol. The van der Waals surface area contributed by atoms with E-state index in [-0.39, 0.29) is 5.97 Å². The van der Waals surface area contributed by atoms with Crippen LogP contribution < -0.4 is 5.32 Å². The van der Waals surface area contributed by atoms with Crippen LogP contribution in [0.2, 0.25) is 0 Å². The van der Waals surface area contributed by atoms with Gasteiger partial charge in [-0.3, -0.25) is 0 Å². The van der Waals surface area contributed by atoms with Crippen molar-refractivity contribution in [1.29, 1.82) is 0 Å². The number of carbonyl (C=O) groups excluding carboxylic acids is 1. The van der Waals surface area contributed by atoms with Crippen LogP contribution in [0.4, 0.5) is 0 Å². The zero-order valence-corrected chi connectivity index (χ0v) is 13.3. The first-order valence-corrected chi connectivity index (χ1v) is 7.62. The van der Waals surface area contributed by atoms with E-state index in [0.29, 0.717) is 12.5 Å². The molecule has 1 aliphatic rings. The SMILES string of the molecule is CNC(CN(C)CCc1ccccc1)(C(=O)OC)C1CC1. The van der Waals surface area contributed by atoms with Crippen LogP contribution in [0.1, 0.15) is 18.4 Å². The fourth-order valence-electron chi connectivity index (χ4n) is 2.97. The van der Waals surface area contributed by atoms with Crippen molar-refractivity contribution in [1.82, 2.24) is 10.2 Å².